The van der Waals surface area contributed by atoms with Gasteiger partial charge in [0, 0.05) is 65.5 Å². The van der Waals surface area contributed by atoms with E-state index in [2.05, 4.69) is 26.6 Å². The normalized spacial score (nSPS) is 27.6. The highest BCUT2D eigenvalue weighted by Gasteiger charge is 2.53. The number of rotatable bonds is 19. The SMILES string of the molecule is COC(=O)C(CNC1(C)CC(OC2C(Oc3c4cc5cc3Oc3ccc(cc3Cl)[C@@H](O)[C@@H]3NC(=O)C(CC(=O)C5NC(=O)C(CC(N)=O)CC(=O)[C@@H](NC(=O)[C@H](N)CC(C)C)C(O)c5ccc(c(Cl)c5)O4)c4ccc(O)c(c4)-c4c(O)cc(O)cc4C(C(=O)O)NC3=O)OC(CO)C(O)C2O)OC(C)C1O)OCc1ccc(Cl)cc1. The minimum absolute atomic E-state index is 0.0753. The number of carbonyl (C=O) groups excluding carboxylic acids is 8. The number of primary amides is 1. The Kier molecular flexibility index (Phi) is 27.0. The van der Waals surface area contributed by atoms with Crippen molar-refractivity contribution in [1.29, 1.82) is 0 Å². The van der Waals surface area contributed by atoms with Crippen molar-refractivity contribution in [1.82, 2.24) is 26.6 Å². The maximum atomic E-state index is 16.3. The summed E-state index contributed by atoms with van der Waals surface area (Å²) >= 11 is 20.4. The maximum Gasteiger partial charge on any atom is 0.336 e. The number of fused-ring (bicyclic) bond motifs is 15. The Bertz CT molecular complexity index is 4710. The summed E-state index contributed by atoms with van der Waals surface area (Å²) in [7, 11) is 1.15. The molecule has 0 spiro atoms. The van der Waals surface area contributed by atoms with Crippen LogP contribution in [0.5, 0.6) is 46.0 Å². The third kappa shape index (κ3) is 19.3. The number of nitrogens with one attached hydrogen (secondary N) is 5. The molecule has 2 saturated heterocycles. The van der Waals surface area contributed by atoms with Crippen molar-refractivity contribution in [3.63, 3.8) is 0 Å². The number of Topliss-reactive ketones (excluding diaryl/α,β-unsaturated/α-hetero) is 2. The number of benzene rings is 6. The van der Waals surface area contributed by atoms with E-state index in [1.165, 1.54) is 19.1 Å². The molecule has 19 N–H and O–H groups in total. The fourth-order valence-corrected chi connectivity index (χ4v) is 15.0. The number of phenols is 3. The molecule has 34 nitrogen and oxygen atoms in total. The number of esters is 1. The zero-order valence-electron chi connectivity index (χ0n) is 62.1. The summed E-state index contributed by atoms with van der Waals surface area (Å²) in [6.07, 6.45) is -22.9. The van der Waals surface area contributed by atoms with Gasteiger partial charge in [-0.1, -0.05) is 79.0 Å². The quantitative estimate of drug-likeness (QED) is 0.0512. The lowest BCUT2D eigenvalue weighted by molar-refractivity contribution is -0.334. The summed E-state index contributed by atoms with van der Waals surface area (Å²) in [5, 5.41) is 129. The number of hydrogen-bond acceptors (Lipinski definition) is 28. The number of hydrogen-bond donors (Lipinski definition) is 17. The molecular formula is C78H86Cl3N7O27. The zero-order valence-corrected chi connectivity index (χ0v) is 64.4. The van der Waals surface area contributed by atoms with E-state index in [0.717, 1.165) is 73.8 Å². The van der Waals surface area contributed by atoms with Crippen LogP contribution in [0.4, 0.5) is 0 Å². The number of ketones is 2. The first-order chi connectivity index (χ1) is 54.4. The first-order valence-corrected chi connectivity index (χ1v) is 37.5. The van der Waals surface area contributed by atoms with Gasteiger partial charge in [-0.05, 0) is 121 Å². The van der Waals surface area contributed by atoms with Crippen LogP contribution in [0.2, 0.25) is 15.1 Å². The van der Waals surface area contributed by atoms with Crippen LogP contribution < -0.4 is 52.3 Å². The van der Waals surface area contributed by atoms with Crippen molar-refractivity contribution >= 4 is 87.8 Å². The Hall–Kier alpha value is -9.86. The highest BCUT2D eigenvalue weighted by Crippen LogP contribution is 2.51. The summed E-state index contributed by atoms with van der Waals surface area (Å²) in [6.45, 7) is 5.22. The number of aliphatic hydroxyl groups excluding tert-OH is 6. The smallest absolute Gasteiger partial charge is 0.336 e. The van der Waals surface area contributed by atoms with Crippen LogP contribution in [0.3, 0.4) is 0 Å². The van der Waals surface area contributed by atoms with Crippen LogP contribution in [-0.2, 0) is 73.4 Å². The van der Waals surface area contributed by atoms with Gasteiger partial charge in [-0.15, -0.1) is 0 Å². The van der Waals surface area contributed by atoms with Crippen molar-refractivity contribution in [2.24, 2.45) is 23.3 Å². The highest BCUT2D eigenvalue weighted by atomic mass is 35.5. The minimum atomic E-state index is -2.28. The molecule has 6 aromatic rings. The minimum Gasteiger partial charge on any atom is -0.508 e. The van der Waals surface area contributed by atoms with Crippen molar-refractivity contribution < 1.29 is 132 Å². The first-order valence-electron chi connectivity index (χ1n) is 36.3. The van der Waals surface area contributed by atoms with E-state index in [9.17, 15) is 79.8 Å². The Labute approximate surface area is 671 Å². The van der Waals surface area contributed by atoms with E-state index in [0.29, 0.717) is 10.6 Å². The topological polar surface area (TPSA) is 542 Å². The predicted octanol–water partition coefficient (Wildman–Crippen LogP) is 3.86. The monoisotopic (exact) mass is 1660 g/mol. The largest absolute Gasteiger partial charge is 0.508 e. The summed E-state index contributed by atoms with van der Waals surface area (Å²) in [6, 6.07) is 10.4. The number of halogens is 3. The summed E-state index contributed by atoms with van der Waals surface area (Å²) in [4.78, 5) is 131. The summed E-state index contributed by atoms with van der Waals surface area (Å²) in [5.74, 6) is -20.2. The molecule has 5 amide bonds. The number of aliphatic carboxylic acids is 1. The van der Waals surface area contributed by atoms with Gasteiger partial charge < -0.3 is 127 Å². The standard InChI is InChI=1S/C78H86Cl3N7O27/c1-31(2)16-46(82)73(103)87-62-49(93)20-38(23-57(83)95)71(101)85-60-37-21-53(111-51-14-9-35(64(62)96)18-44(51)80)68(115-77-69(67(99)66(98)56(29-89)113-77)114-58-27-78(4,70(100)32(3)110-58)84-28-55(76(107)108-5)109-30-33-6-11-39(79)12-7-33)54(22-37)112-52-15-10-36(19-45(52)81)65(97)63-74(104)86-61(75(105)106)43-24-40(90)25-48(92)59(43)42-17-34(8-13-47(42)91)41(26-50(60)94)72(102)88-63/h6-15,17-19,21-22,24-25,31-32,38,41,46,55-56,58,60-67,69-70,77,84,89-92,96-100H,16,20,23,26-30,82H2,1-5H3,(H2,83,95)(H,85,101)(H,86,104)(H,87,103)(H,88,102)(H,105,106)/t32?,38?,41?,46-,55?,56?,58?,60?,61?,62-,63+,64?,65-,66?,67?,69?,70?,77?,78?/m1/s1. The predicted molar refractivity (Wildman–Crippen MR) is 403 cm³/mol. The number of carboxylic acids is 1. The summed E-state index contributed by atoms with van der Waals surface area (Å²) in [5.41, 5.74) is 8.63. The highest BCUT2D eigenvalue weighted by molar-refractivity contribution is 6.32. The molecule has 7 aliphatic heterocycles. The van der Waals surface area contributed by atoms with Crippen molar-refractivity contribution in [3.05, 3.63) is 152 Å². The molecule has 13 rings (SSSR count). The van der Waals surface area contributed by atoms with E-state index in [1.54, 1.807) is 45.0 Å². The molecule has 616 valence electrons. The second-order valence-electron chi connectivity index (χ2n) is 29.3. The number of nitrogens with two attached hydrogens (primary N) is 2. The first kappa shape index (κ1) is 86.0. The molecule has 19 atom stereocenters. The van der Waals surface area contributed by atoms with Crippen molar-refractivity contribution in [2.75, 3.05) is 20.3 Å². The molecular weight excluding hydrogens is 1570 g/mol. The van der Waals surface area contributed by atoms with Crippen LogP contribution in [0.25, 0.3) is 11.1 Å². The number of methoxy groups -OCH3 is 1. The Morgan fingerprint density at radius 3 is 1.97 bits per heavy atom. The van der Waals surface area contributed by atoms with Crippen molar-refractivity contribution in [2.45, 2.75) is 176 Å². The fourth-order valence-electron chi connectivity index (χ4n) is 14.4. The van der Waals surface area contributed by atoms with Gasteiger partial charge in [-0.25, -0.2) is 9.59 Å². The molecule has 2 fully saturated rings. The number of carbonyl (C=O) groups is 9. The Balaban J connectivity index is 1.11. The van der Waals surface area contributed by atoms with Gasteiger partial charge in [0.25, 0.3) is 0 Å². The van der Waals surface area contributed by atoms with E-state index in [1.807, 2.05) is 0 Å². The number of phenolic OH excluding ortho intramolecular Hbond substituents is 3. The molecule has 11 bridgehead atoms. The summed E-state index contributed by atoms with van der Waals surface area (Å²) < 4.78 is 50.3. The maximum absolute atomic E-state index is 16.3. The molecule has 0 aromatic heterocycles. The average molecular weight is 1660 g/mol. The number of amides is 5. The van der Waals surface area contributed by atoms with Crippen LogP contribution in [0.1, 0.15) is 123 Å². The molecule has 115 heavy (non-hydrogen) atoms. The second-order valence-corrected chi connectivity index (χ2v) is 30.6. The molecule has 7 heterocycles. The third-order valence-corrected chi connectivity index (χ3v) is 21.4. The lowest BCUT2D eigenvalue weighted by atomic mass is 9.84. The van der Waals surface area contributed by atoms with Gasteiger partial charge in [0.2, 0.25) is 41.6 Å². The molecule has 7 aliphatic rings. The van der Waals surface area contributed by atoms with Gasteiger partial charge >= 0.3 is 11.9 Å². The van der Waals surface area contributed by atoms with Crippen LogP contribution in [-0.4, -0.2) is 203 Å². The Morgan fingerprint density at radius 1 is 0.722 bits per heavy atom. The van der Waals surface area contributed by atoms with Gasteiger partial charge in [0.1, 0.15) is 77.4 Å². The third-order valence-electron chi connectivity index (χ3n) is 20.5. The molecule has 0 saturated carbocycles. The molecule has 15 unspecified atom stereocenters. The number of aromatic hydroxyl groups is 3. The van der Waals surface area contributed by atoms with Gasteiger partial charge in [-0.3, -0.25) is 33.6 Å². The van der Waals surface area contributed by atoms with E-state index < -0.39 is 262 Å². The molecule has 0 aliphatic carbocycles. The van der Waals surface area contributed by atoms with Crippen LogP contribution >= 0.6 is 34.8 Å². The zero-order chi connectivity index (χ0) is 83.5. The van der Waals surface area contributed by atoms with E-state index >= 15 is 14.4 Å². The fraction of sp³-hybridized carbons (Fsp3) is 0.423. The average Bonchev–Trinajstić information content (AvgIpc) is 0.780. The van der Waals surface area contributed by atoms with Gasteiger partial charge in [0.15, 0.2) is 47.6 Å². The molecule has 0 radical (unpaired) electrons. The number of carboxylic acid groups (broad SMARTS) is 1. The van der Waals surface area contributed by atoms with Gasteiger partial charge in [0.05, 0.1) is 60.5 Å². The lowest BCUT2D eigenvalue weighted by Gasteiger charge is -2.48. The van der Waals surface area contributed by atoms with Crippen LogP contribution in [0, 0.1) is 11.8 Å². The molecule has 37 heteroatoms. The molecule has 6 aromatic carbocycles. The van der Waals surface area contributed by atoms with Gasteiger partial charge in [-0.2, -0.15) is 0 Å². The van der Waals surface area contributed by atoms with Crippen molar-refractivity contribution in [3.8, 4) is 57.1 Å². The second kappa shape index (κ2) is 36.1. The van der Waals surface area contributed by atoms with E-state index in [-0.39, 0.29) is 59.4 Å². The number of ether oxygens (including phenoxy) is 8. The Morgan fingerprint density at radius 2 is 1.37 bits per heavy atom. The van der Waals surface area contributed by atoms with Crippen LogP contribution in [0.15, 0.2) is 103 Å². The van der Waals surface area contributed by atoms with E-state index in [4.69, 9.17) is 84.2 Å². The number of aliphatic hydroxyl groups is 6. The lowest BCUT2D eigenvalue weighted by Crippen LogP contribution is -2.66.